The Morgan fingerprint density at radius 1 is 1.39 bits per heavy atom. The Morgan fingerprint density at radius 2 is 2.22 bits per heavy atom. The Balaban J connectivity index is 2.02. The summed E-state index contributed by atoms with van der Waals surface area (Å²) in [5.74, 6) is 1.98. The summed E-state index contributed by atoms with van der Waals surface area (Å²) < 4.78 is 2.27. The van der Waals surface area contributed by atoms with Crippen molar-refractivity contribution < 1.29 is 0 Å². The second-order valence-corrected chi connectivity index (χ2v) is 5.60. The molecule has 1 unspecified atom stereocenters. The van der Waals surface area contributed by atoms with Crippen molar-refractivity contribution in [3.8, 4) is 0 Å². The summed E-state index contributed by atoms with van der Waals surface area (Å²) in [7, 11) is 2.14. The lowest BCUT2D eigenvalue weighted by molar-refractivity contribution is 0.552. The van der Waals surface area contributed by atoms with E-state index in [4.69, 9.17) is 4.98 Å². The fraction of sp³-hybridized carbons (Fsp3) is 0.533. The standard InChI is InChI=1S/C15H21N3/c1-10-6-11(2)15-13(7-10)18(3)14(17-15)8-12-4-5-16-9-12/h6-7,12,16H,4-5,8-9H2,1-3H3. The van der Waals surface area contributed by atoms with Gasteiger partial charge in [-0.05, 0) is 56.5 Å². The largest absolute Gasteiger partial charge is 0.331 e. The Morgan fingerprint density at radius 3 is 2.94 bits per heavy atom. The second kappa shape index (κ2) is 4.39. The van der Waals surface area contributed by atoms with Gasteiger partial charge in [0.25, 0.3) is 0 Å². The summed E-state index contributed by atoms with van der Waals surface area (Å²) in [6.07, 6.45) is 2.37. The third-order valence-electron chi connectivity index (χ3n) is 4.05. The normalized spacial score (nSPS) is 19.8. The van der Waals surface area contributed by atoms with Crippen molar-refractivity contribution in [3.05, 3.63) is 29.1 Å². The van der Waals surface area contributed by atoms with Gasteiger partial charge in [0.05, 0.1) is 11.0 Å². The minimum Gasteiger partial charge on any atom is -0.331 e. The molecule has 1 aromatic carbocycles. The van der Waals surface area contributed by atoms with E-state index in [0.717, 1.165) is 25.4 Å². The van der Waals surface area contributed by atoms with Crippen LogP contribution in [-0.4, -0.2) is 22.6 Å². The molecule has 0 aliphatic carbocycles. The van der Waals surface area contributed by atoms with E-state index in [9.17, 15) is 0 Å². The first-order chi connectivity index (χ1) is 8.65. The number of nitrogens with one attached hydrogen (secondary N) is 1. The molecule has 0 saturated carbocycles. The first-order valence-corrected chi connectivity index (χ1v) is 6.78. The van der Waals surface area contributed by atoms with Crippen molar-refractivity contribution in [3.63, 3.8) is 0 Å². The zero-order valence-corrected chi connectivity index (χ0v) is 11.5. The summed E-state index contributed by atoms with van der Waals surface area (Å²) in [5.41, 5.74) is 5.05. The summed E-state index contributed by atoms with van der Waals surface area (Å²) in [6, 6.07) is 4.46. The fourth-order valence-electron chi connectivity index (χ4n) is 3.01. The highest BCUT2D eigenvalue weighted by molar-refractivity contribution is 5.80. The van der Waals surface area contributed by atoms with Crippen molar-refractivity contribution in [2.75, 3.05) is 13.1 Å². The lowest BCUT2D eigenvalue weighted by atomic mass is 10.0. The van der Waals surface area contributed by atoms with Gasteiger partial charge in [0.1, 0.15) is 5.82 Å². The molecule has 1 aliphatic heterocycles. The molecule has 1 aliphatic rings. The molecule has 1 saturated heterocycles. The van der Waals surface area contributed by atoms with Gasteiger partial charge in [0.2, 0.25) is 0 Å². The molecule has 1 aromatic heterocycles. The molecule has 3 rings (SSSR count). The Kier molecular flexibility index (Phi) is 2.86. The molecule has 18 heavy (non-hydrogen) atoms. The maximum Gasteiger partial charge on any atom is 0.109 e. The number of aryl methyl sites for hydroxylation is 3. The van der Waals surface area contributed by atoms with E-state index in [1.165, 1.54) is 34.4 Å². The van der Waals surface area contributed by atoms with Gasteiger partial charge in [-0.3, -0.25) is 0 Å². The van der Waals surface area contributed by atoms with Crippen LogP contribution in [0.3, 0.4) is 0 Å². The van der Waals surface area contributed by atoms with E-state index in [0.29, 0.717) is 0 Å². The third kappa shape index (κ3) is 1.93. The average molecular weight is 243 g/mol. The lowest BCUT2D eigenvalue weighted by Crippen LogP contribution is -2.12. The van der Waals surface area contributed by atoms with Crippen LogP contribution in [0.25, 0.3) is 11.0 Å². The molecule has 3 nitrogen and oxygen atoms in total. The van der Waals surface area contributed by atoms with Gasteiger partial charge < -0.3 is 9.88 Å². The molecule has 96 valence electrons. The zero-order valence-electron chi connectivity index (χ0n) is 11.5. The van der Waals surface area contributed by atoms with Crippen molar-refractivity contribution in [1.82, 2.24) is 14.9 Å². The van der Waals surface area contributed by atoms with E-state index in [2.05, 4.69) is 42.9 Å². The smallest absolute Gasteiger partial charge is 0.109 e. The maximum atomic E-state index is 4.85. The van der Waals surface area contributed by atoms with Crippen LogP contribution in [-0.2, 0) is 13.5 Å². The number of rotatable bonds is 2. The molecule has 1 N–H and O–H groups in total. The van der Waals surface area contributed by atoms with Crippen LogP contribution in [0, 0.1) is 19.8 Å². The minimum absolute atomic E-state index is 0.752. The van der Waals surface area contributed by atoms with Gasteiger partial charge in [-0.1, -0.05) is 6.07 Å². The predicted molar refractivity (Wildman–Crippen MR) is 74.9 cm³/mol. The Labute approximate surface area is 108 Å². The van der Waals surface area contributed by atoms with E-state index < -0.39 is 0 Å². The average Bonchev–Trinajstić information content (AvgIpc) is 2.91. The fourth-order valence-corrected chi connectivity index (χ4v) is 3.01. The quantitative estimate of drug-likeness (QED) is 0.877. The van der Waals surface area contributed by atoms with Crippen LogP contribution in [0.1, 0.15) is 23.4 Å². The zero-order chi connectivity index (χ0) is 12.7. The van der Waals surface area contributed by atoms with Crippen molar-refractivity contribution in [2.45, 2.75) is 26.7 Å². The van der Waals surface area contributed by atoms with Crippen LogP contribution in [0.2, 0.25) is 0 Å². The van der Waals surface area contributed by atoms with Crippen molar-refractivity contribution in [2.24, 2.45) is 13.0 Å². The number of hydrogen-bond acceptors (Lipinski definition) is 2. The van der Waals surface area contributed by atoms with Gasteiger partial charge in [-0.2, -0.15) is 0 Å². The molecule has 0 bridgehead atoms. The van der Waals surface area contributed by atoms with Gasteiger partial charge in [0, 0.05) is 13.5 Å². The molecule has 0 spiro atoms. The summed E-state index contributed by atoms with van der Waals surface area (Å²) in [5, 5.41) is 3.43. The van der Waals surface area contributed by atoms with Crippen LogP contribution in [0.5, 0.6) is 0 Å². The first-order valence-electron chi connectivity index (χ1n) is 6.78. The number of nitrogens with zero attached hydrogens (tertiary/aromatic N) is 2. The number of benzene rings is 1. The maximum absolute atomic E-state index is 4.85. The molecule has 1 fully saturated rings. The van der Waals surface area contributed by atoms with E-state index in [1.54, 1.807) is 0 Å². The summed E-state index contributed by atoms with van der Waals surface area (Å²) >= 11 is 0. The molecular weight excluding hydrogens is 222 g/mol. The van der Waals surface area contributed by atoms with Crippen LogP contribution < -0.4 is 5.32 Å². The monoisotopic (exact) mass is 243 g/mol. The Bertz CT molecular complexity index is 577. The first kappa shape index (κ1) is 11.7. The molecular formula is C15H21N3. The number of imidazole rings is 1. The number of hydrogen-bond donors (Lipinski definition) is 1. The topological polar surface area (TPSA) is 29.9 Å². The number of aromatic nitrogens is 2. The van der Waals surface area contributed by atoms with Gasteiger partial charge >= 0.3 is 0 Å². The van der Waals surface area contributed by atoms with E-state index in [1.807, 2.05) is 0 Å². The molecule has 0 radical (unpaired) electrons. The van der Waals surface area contributed by atoms with E-state index >= 15 is 0 Å². The summed E-state index contributed by atoms with van der Waals surface area (Å²) in [4.78, 5) is 4.85. The van der Waals surface area contributed by atoms with Crippen LogP contribution in [0.4, 0.5) is 0 Å². The molecule has 2 aromatic rings. The van der Waals surface area contributed by atoms with Crippen LogP contribution >= 0.6 is 0 Å². The SMILES string of the molecule is Cc1cc(C)c2nc(CC3CCNC3)n(C)c2c1. The second-order valence-electron chi connectivity index (χ2n) is 5.60. The van der Waals surface area contributed by atoms with E-state index in [-0.39, 0.29) is 0 Å². The molecule has 2 heterocycles. The van der Waals surface area contributed by atoms with Crippen LogP contribution in [0.15, 0.2) is 12.1 Å². The third-order valence-corrected chi connectivity index (χ3v) is 4.05. The van der Waals surface area contributed by atoms with Crippen molar-refractivity contribution in [1.29, 1.82) is 0 Å². The highest BCUT2D eigenvalue weighted by atomic mass is 15.1. The van der Waals surface area contributed by atoms with Crippen molar-refractivity contribution >= 4 is 11.0 Å². The van der Waals surface area contributed by atoms with Gasteiger partial charge in [-0.15, -0.1) is 0 Å². The lowest BCUT2D eigenvalue weighted by Gasteiger charge is -2.07. The van der Waals surface area contributed by atoms with Gasteiger partial charge in [0.15, 0.2) is 0 Å². The Hall–Kier alpha value is -1.35. The molecule has 1 atom stereocenters. The minimum atomic E-state index is 0.752. The molecule has 3 heteroatoms. The summed E-state index contributed by atoms with van der Waals surface area (Å²) in [6.45, 7) is 6.61. The number of fused-ring (bicyclic) bond motifs is 1. The van der Waals surface area contributed by atoms with Gasteiger partial charge in [-0.25, -0.2) is 4.98 Å². The highest BCUT2D eigenvalue weighted by Gasteiger charge is 2.18. The predicted octanol–water partition coefficient (Wildman–Crippen LogP) is 2.34. The molecule has 0 amide bonds. The highest BCUT2D eigenvalue weighted by Crippen LogP contribution is 2.23.